The predicted molar refractivity (Wildman–Crippen MR) is 167 cm³/mol. The van der Waals surface area contributed by atoms with Crippen LogP contribution in [0.5, 0.6) is 0 Å². The lowest BCUT2D eigenvalue weighted by atomic mass is 9.96. The van der Waals surface area contributed by atoms with Crippen molar-refractivity contribution in [3.05, 3.63) is 108 Å². The Kier molecular flexibility index (Phi) is 12.5. The van der Waals surface area contributed by atoms with Crippen LogP contribution in [0.4, 0.5) is 0 Å². The second-order valence-electron chi connectivity index (χ2n) is 11.2. The SMILES string of the molecule is CCCCCCCCC(=O)N(CCC(=O)N1CCN(C(c2ccccc2)c2ccccc2)CC1)Cc1ccccc1. The molecule has 0 spiro atoms. The number of hydrogen-bond donors (Lipinski definition) is 0. The number of benzene rings is 3. The van der Waals surface area contributed by atoms with E-state index in [1.54, 1.807) is 0 Å². The zero-order valence-corrected chi connectivity index (χ0v) is 24.8. The van der Waals surface area contributed by atoms with Crippen LogP contribution in [-0.2, 0) is 16.1 Å². The van der Waals surface area contributed by atoms with Gasteiger partial charge in [-0.15, -0.1) is 0 Å². The molecule has 1 aliphatic heterocycles. The predicted octanol–water partition coefficient (Wildman–Crippen LogP) is 7.09. The monoisotopic (exact) mass is 553 g/mol. The lowest BCUT2D eigenvalue weighted by molar-refractivity contribution is -0.136. The minimum atomic E-state index is 0.144. The molecule has 0 bridgehead atoms. The summed E-state index contributed by atoms with van der Waals surface area (Å²) in [7, 11) is 0. The number of amides is 2. The highest BCUT2D eigenvalue weighted by molar-refractivity contribution is 5.79. The van der Waals surface area contributed by atoms with E-state index in [0.29, 0.717) is 39.0 Å². The van der Waals surface area contributed by atoms with Gasteiger partial charge in [-0.25, -0.2) is 0 Å². The summed E-state index contributed by atoms with van der Waals surface area (Å²) < 4.78 is 0. The molecule has 2 amide bonds. The Morgan fingerprint density at radius 3 is 1.80 bits per heavy atom. The minimum absolute atomic E-state index is 0.144. The normalized spacial score (nSPS) is 13.9. The van der Waals surface area contributed by atoms with Crippen LogP contribution in [0.2, 0.25) is 0 Å². The number of carbonyl (C=O) groups is 2. The standard InChI is InChI=1S/C36H47N3O2/c1-2-3-4-5-6-16-23-34(40)39(30-31-17-10-7-11-18-31)25-24-35(41)37-26-28-38(29-27-37)36(32-19-12-8-13-20-32)33-21-14-9-15-22-33/h7-15,17-22,36H,2-6,16,23-30H2,1H3. The second kappa shape index (κ2) is 16.7. The molecule has 1 saturated heterocycles. The number of hydrogen-bond acceptors (Lipinski definition) is 3. The van der Waals surface area contributed by atoms with Gasteiger partial charge in [0, 0.05) is 52.1 Å². The highest BCUT2D eigenvalue weighted by Crippen LogP contribution is 2.29. The van der Waals surface area contributed by atoms with E-state index in [4.69, 9.17) is 0 Å². The zero-order chi connectivity index (χ0) is 28.7. The Bertz CT molecular complexity index is 1120. The number of rotatable bonds is 15. The molecule has 3 aromatic rings. The maximum Gasteiger partial charge on any atom is 0.224 e. The van der Waals surface area contributed by atoms with Gasteiger partial charge in [-0.1, -0.05) is 130 Å². The van der Waals surface area contributed by atoms with E-state index < -0.39 is 0 Å². The molecule has 218 valence electrons. The van der Waals surface area contributed by atoms with Crippen molar-refractivity contribution in [2.24, 2.45) is 0 Å². The molecule has 0 saturated carbocycles. The summed E-state index contributed by atoms with van der Waals surface area (Å²) in [6.45, 7) is 6.32. The quantitative estimate of drug-likeness (QED) is 0.189. The molecule has 0 radical (unpaired) electrons. The van der Waals surface area contributed by atoms with E-state index in [0.717, 1.165) is 31.5 Å². The molecule has 0 aliphatic carbocycles. The molecule has 1 heterocycles. The van der Waals surface area contributed by atoms with Gasteiger partial charge in [-0.3, -0.25) is 14.5 Å². The average Bonchev–Trinajstić information content (AvgIpc) is 3.02. The van der Waals surface area contributed by atoms with Gasteiger partial charge in [-0.05, 0) is 23.1 Å². The minimum Gasteiger partial charge on any atom is -0.340 e. The van der Waals surface area contributed by atoms with Gasteiger partial charge in [0.25, 0.3) is 0 Å². The second-order valence-corrected chi connectivity index (χ2v) is 11.2. The van der Waals surface area contributed by atoms with Crippen molar-refractivity contribution in [1.29, 1.82) is 0 Å². The van der Waals surface area contributed by atoms with Crippen molar-refractivity contribution >= 4 is 11.8 Å². The first-order valence-electron chi connectivity index (χ1n) is 15.6. The van der Waals surface area contributed by atoms with Crippen LogP contribution in [0.15, 0.2) is 91.0 Å². The van der Waals surface area contributed by atoms with Crippen LogP contribution >= 0.6 is 0 Å². The van der Waals surface area contributed by atoms with Gasteiger partial charge >= 0.3 is 0 Å². The van der Waals surface area contributed by atoms with Crippen molar-refractivity contribution in [1.82, 2.24) is 14.7 Å². The first-order chi connectivity index (χ1) is 20.2. The fraction of sp³-hybridized carbons (Fsp3) is 0.444. The summed E-state index contributed by atoms with van der Waals surface area (Å²) in [5, 5.41) is 0. The summed E-state index contributed by atoms with van der Waals surface area (Å²) in [5.41, 5.74) is 3.66. The van der Waals surface area contributed by atoms with Gasteiger partial charge in [-0.2, -0.15) is 0 Å². The maximum absolute atomic E-state index is 13.3. The van der Waals surface area contributed by atoms with Crippen molar-refractivity contribution in [3.8, 4) is 0 Å². The van der Waals surface area contributed by atoms with Crippen LogP contribution in [0.1, 0.15) is 81.0 Å². The highest BCUT2D eigenvalue weighted by Gasteiger charge is 2.28. The van der Waals surface area contributed by atoms with E-state index in [1.807, 2.05) is 28.0 Å². The molecular weight excluding hydrogens is 506 g/mol. The van der Waals surface area contributed by atoms with Gasteiger partial charge in [0.1, 0.15) is 0 Å². The van der Waals surface area contributed by atoms with Crippen molar-refractivity contribution in [3.63, 3.8) is 0 Å². The Labute approximate surface area is 247 Å². The number of unbranched alkanes of at least 4 members (excludes halogenated alkanes) is 5. The van der Waals surface area contributed by atoms with Crippen molar-refractivity contribution in [2.45, 2.75) is 70.9 Å². The van der Waals surface area contributed by atoms with Crippen LogP contribution in [0.25, 0.3) is 0 Å². The fourth-order valence-electron chi connectivity index (χ4n) is 5.81. The third-order valence-electron chi connectivity index (χ3n) is 8.17. The summed E-state index contributed by atoms with van der Waals surface area (Å²) in [6.07, 6.45) is 7.89. The molecule has 5 heteroatoms. The first-order valence-corrected chi connectivity index (χ1v) is 15.6. The van der Waals surface area contributed by atoms with E-state index in [-0.39, 0.29) is 17.9 Å². The summed E-state index contributed by atoms with van der Waals surface area (Å²) in [4.78, 5) is 32.9. The number of piperazine rings is 1. The average molecular weight is 554 g/mol. The summed E-state index contributed by atoms with van der Waals surface area (Å²) in [5.74, 6) is 0.307. The number of nitrogens with zero attached hydrogens (tertiary/aromatic N) is 3. The summed E-state index contributed by atoms with van der Waals surface area (Å²) in [6, 6.07) is 31.6. The molecule has 0 aromatic heterocycles. The topological polar surface area (TPSA) is 43.9 Å². The van der Waals surface area contributed by atoms with E-state index in [2.05, 4.69) is 84.6 Å². The van der Waals surface area contributed by atoms with Gasteiger partial charge in [0.15, 0.2) is 0 Å². The molecule has 3 aromatic carbocycles. The van der Waals surface area contributed by atoms with E-state index >= 15 is 0 Å². The van der Waals surface area contributed by atoms with Crippen molar-refractivity contribution < 1.29 is 9.59 Å². The van der Waals surface area contributed by atoms with Crippen LogP contribution < -0.4 is 0 Å². The van der Waals surface area contributed by atoms with Gasteiger partial charge in [0.05, 0.1) is 6.04 Å². The molecular formula is C36H47N3O2. The van der Waals surface area contributed by atoms with Gasteiger partial charge < -0.3 is 9.80 Å². The Hall–Kier alpha value is -3.44. The Morgan fingerprint density at radius 1 is 0.683 bits per heavy atom. The smallest absolute Gasteiger partial charge is 0.224 e. The zero-order valence-electron chi connectivity index (χ0n) is 24.8. The molecule has 41 heavy (non-hydrogen) atoms. The maximum atomic E-state index is 13.3. The van der Waals surface area contributed by atoms with Gasteiger partial charge in [0.2, 0.25) is 11.8 Å². The van der Waals surface area contributed by atoms with E-state index in [1.165, 1.54) is 36.8 Å². The molecule has 1 aliphatic rings. The molecule has 4 rings (SSSR count). The molecule has 1 fully saturated rings. The molecule has 0 unspecified atom stereocenters. The largest absolute Gasteiger partial charge is 0.340 e. The molecule has 0 atom stereocenters. The van der Waals surface area contributed by atoms with Crippen LogP contribution in [0.3, 0.4) is 0 Å². The molecule has 5 nitrogen and oxygen atoms in total. The number of carbonyl (C=O) groups excluding carboxylic acids is 2. The first kappa shape index (κ1) is 30.5. The Balaban J connectivity index is 1.31. The third-order valence-corrected chi connectivity index (χ3v) is 8.17. The molecule has 0 N–H and O–H groups in total. The fourth-order valence-corrected chi connectivity index (χ4v) is 5.81. The van der Waals surface area contributed by atoms with Crippen LogP contribution in [-0.4, -0.2) is 59.2 Å². The van der Waals surface area contributed by atoms with Crippen molar-refractivity contribution in [2.75, 3.05) is 32.7 Å². The lowest BCUT2D eigenvalue weighted by Gasteiger charge is -2.40. The van der Waals surface area contributed by atoms with E-state index in [9.17, 15) is 9.59 Å². The Morgan fingerprint density at radius 2 is 1.22 bits per heavy atom. The highest BCUT2D eigenvalue weighted by atomic mass is 16.2. The third kappa shape index (κ3) is 9.57. The lowest BCUT2D eigenvalue weighted by Crippen LogP contribution is -2.50. The van der Waals surface area contributed by atoms with Crippen LogP contribution in [0, 0.1) is 0 Å². The summed E-state index contributed by atoms with van der Waals surface area (Å²) >= 11 is 0.